The summed E-state index contributed by atoms with van der Waals surface area (Å²) in [7, 11) is 0. The van der Waals surface area contributed by atoms with Gasteiger partial charge in [-0.25, -0.2) is 0 Å². The zero-order valence-corrected chi connectivity index (χ0v) is 18.1. The third-order valence-corrected chi connectivity index (χ3v) is 6.57. The molecule has 1 aliphatic carbocycles. The number of likely N-dealkylation sites (N-methyl/N-ethyl adjacent to an activating group) is 1. The molecule has 0 bridgehead atoms. The van der Waals surface area contributed by atoms with Crippen LogP contribution in [0.1, 0.15) is 33.1 Å². The van der Waals surface area contributed by atoms with Crippen molar-refractivity contribution < 1.29 is 9.59 Å². The molecule has 1 aromatic heterocycles. The Morgan fingerprint density at radius 2 is 1.93 bits per heavy atom. The maximum absolute atomic E-state index is 12.7. The van der Waals surface area contributed by atoms with Crippen molar-refractivity contribution in [2.75, 3.05) is 31.5 Å². The summed E-state index contributed by atoms with van der Waals surface area (Å²) in [5, 5.41) is 7.53. The summed E-state index contributed by atoms with van der Waals surface area (Å²) in [6.07, 6.45) is 5.18. The highest BCUT2D eigenvalue weighted by Crippen LogP contribution is 2.58. The molecule has 2 heterocycles. The number of aromatic nitrogens is 1. The number of anilines is 1. The first-order valence-electron chi connectivity index (χ1n) is 10.4. The van der Waals surface area contributed by atoms with Crippen molar-refractivity contribution in [3.8, 4) is 0 Å². The normalized spacial score (nSPS) is 19.6. The lowest BCUT2D eigenvalue weighted by Gasteiger charge is -2.23. The number of nitrogens with zero attached hydrogens (tertiary/aromatic N) is 2. The van der Waals surface area contributed by atoms with Crippen molar-refractivity contribution in [1.82, 2.24) is 14.8 Å². The summed E-state index contributed by atoms with van der Waals surface area (Å²) in [6, 6.07) is 7.94. The highest BCUT2D eigenvalue weighted by Gasteiger charge is 2.57. The quantitative estimate of drug-likeness (QED) is 0.756. The number of nitrogens with one attached hydrogen (secondary N) is 2. The van der Waals surface area contributed by atoms with Gasteiger partial charge in [-0.2, -0.15) is 0 Å². The van der Waals surface area contributed by atoms with Crippen molar-refractivity contribution in [2.24, 2.45) is 11.3 Å². The van der Waals surface area contributed by atoms with Gasteiger partial charge in [0.2, 0.25) is 11.8 Å². The number of hydrogen-bond acceptors (Lipinski definition) is 3. The molecule has 1 unspecified atom stereocenters. The van der Waals surface area contributed by atoms with Crippen LogP contribution in [0.3, 0.4) is 0 Å². The molecular weight excluding hydrogens is 388 g/mol. The summed E-state index contributed by atoms with van der Waals surface area (Å²) < 4.78 is 1.98. The van der Waals surface area contributed by atoms with Crippen LogP contribution in [-0.4, -0.2) is 47.5 Å². The van der Waals surface area contributed by atoms with Gasteiger partial charge in [-0.3, -0.25) is 9.59 Å². The van der Waals surface area contributed by atoms with Gasteiger partial charge in [-0.1, -0.05) is 0 Å². The second kappa shape index (κ2) is 8.76. The Bertz CT molecular complexity index is 884. The minimum Gasteiger partial charge on any atom is -0.342 e. The summed E-state index contributed by atoms with van der Waals surface area (Å²) in [5.41, 5.74) is 2.09. The van der Waals surface area contributed by atoms with E-state index in [0.717, 1.165) is 62.0 Å². The summed E-state index contributed by atoms with van der Waals surface area (Å²) in [5.74, 6) is 0.430. The largest absolute Gasteiger partial charge is 0.342 e. The molecule has 2 aromatic rings. The van der Waals surface area contributed by atoms with Crippen LogP contribution in [0, 0.1) is 11.3 Å². The molecule has 1 spiro atoms. The van der Waals surface area contributed by atoms with Gasteiger partial charge >= 0.3 is 0 Å². The van der Waals surface area contributed by atoms with Crippen LogP contribution in [0.2, 0.25) is 0 Å². The Balaban J connectivity index is 0.00000240. The number of piperidine rings is 1. The van der Waals surface area contributed by atoms with E-state index in [1.165, 1.54) is 0 Å². The Morgan fingerprint density at radius 1 is 1.21 bits per heavy atom. The first-order valence-corrected chi connectivity index (χ1v) is 10.4. The SMILES string of the molecule is CCN(CC)C(=O)Cn1ccc2cc(NC(=O)C3CC34CCNCC4)ccc21.Cl. The molecule has 6 nitrogen and oxygen atoms in total. The van der Waals surface area contributed by atoms with Crippen molar-refractivity contribution in [3.63, 3.8) is 0 Å². The maximum Gasteiger partial charge on any atom is 0.242 e. The number of fused-ring (bicyclic) bond motifs is 1. The van der Waals surface area contributed by atoms with Crippen LogP contribution in [-0.2, 0) is 16.1 Å². The van der Waals surface area contributed by atoms with Crippen LogP contribution in [0.4, 0.5) is 5.69 Å². The fourth-order valence-corrected chi connectivity index (χ4v) is 4.66. The number of rotatable bonds is 6. The topological polar surface area (TPSA) is 66.4 Å². The number of carbonyl (C=O) groups is 2. The maximum atomic E-state index is 12.7. The predicted octanol–water partition coefficient (Wildman–Crippen LogP) is 3.26. The van der Waals surface area contributed by atoms with Gasteiger partial charge in [-0.05, 0) is 75.9 Å². The molecule has 4 rings (SSSR count). The number of carbonyl (C=O) groups excluding carboxylic acids is 2. The third-order valence-electron chi connectivity index (χ3n) is 6.57. The molecule has 1 saturated carbocycles. The monoisotopic (exact) mass is 418 g/mol. The average Bonchev–Trinajstić information content (AvgIpc) is 3.24. The van der Waals surface area contributed by atoms with E-state index in [0.29, 0.717) is 6.54 Å². The van der Waals surface area contributed by atoms with Gasteiger partial charge in [-0.15, -0.1) is 12.4 Å². The van der Waals surface area contributed by atoms with E-state index in [9.17, 15) is 9.59 Å². The van der Waals surface area contributed by atoms with E-state index in [2.05, 4.69) is 10.6 Å². The molecule has 1 aromatic carbocycles. The molecular formula is C22H31ClN4O2. The van der Waals surface area contributed by atoms with Gasteiger partial charge in [0.25, 0.3) is 0 Å². The number of amides is 2. The van der Waals surface area contributed by atoms with Crippen LogP contribution in [0.25, 0.3) is 10.9 Å². The number of halogens is 1. The van der Waals surface area contributed by atoms with Crippen LogP contribution in [0.5, 0.6) is 0 Å². The molecule has 2 fully saturated rings. The lowest BCUT2D eigenvalue weighted by atomic mass is 9.92. The standard InChI is InChI=1S/C22H30N4O2.ClH/c1-3-25(4-2)20(27)15-26-12-7-16-13-17(5-6-19(16)26)24-21(28)18-14-22(18)8-10-23-11-9-22;/h5-7,12-13,18,23H,3-4,8-11,14-15H2,1-2H3,(H,24,28);1H. The highest BCUT2D eigenvalue weighted by atomic mass is 35.5. The Kier molecular flexibility index (Phi) is 6.54. The molecule has 2 amide bonds. The van der Waals surface area contributed by atoms with E-state index >= 15 is 0 Å². The molecule has 158 valence electrons. The van der Waals surface area contributed by atoms with E-state index < -0.39 is 0 Å². The Morgan fingerprint density at radius 3 is 2.62 bits per heavy atom. The molecule has 1 atom stereocenters. The smallest absolute Gasteiger partial charge is 0.242 e. The second-order valence-corrected chi connectivity index (χ2v) is 8.14. The van der Waals surface area contributed by atoms with E-state index in [1.54, 1.807) is 0 Å². The highest BCUT2D eigenvalue weighted by molar-refractivity contribution is 5.97. The number of hydrogen-bond donors (Lipinski definition) is 2. The fourth-order valence-electron chi connectivity index (χ4n) is 4.66. The molecule has 2 N–H and O–H groups in total. The lowest BCUT2D eigenvalue weighted by Crippen LogP contribution is -2.33. The van der Waals surface area contributed by atoms with Crippen LogP contribution < -0.4 is 10.6 Å². The van der Waals surface area contributed by atoms with E-state index in [4.69, 9.17) is 0 Å². The minimum atomic E-state index is 0. The van der Waals surface area contributed by atoms with Gasteiger partial charge < -0.3 is 20.1 Å². The minimum absolute atomic E-state index is 0. The van der Waals surface area contributed by atoms with Crippen molar-refractivity contribution in [2.45, 2.75) is 39.7 Å². The molecule has 7 heteroatoms. The summed E-state index contributed by atoms with van der Waals surface area (Å²) in [4.78, 5) is 26.9. The number of benzene rings is 1. The molecule has 29 heavy (non-hydrogen) atoms. The Hall–Kier alpha value is -2.05. The van der Waals surface area contributed by atoms with E-state index in [-0.39, 0.29) is 35.6 Å². The second-order valence-electron chi connectivity index (χ2n) is 8.14. The van der Waals surface area contributed by atoms with Crippen molar-refractivity contribution in [1.29, 1.82) is 0 Å². The van der Waals surface area contributed by atoms with Crippen molar-refractivity contribution >= 4 is 40.8 Å². The van der Waals surface area contributed by atoms with Gasteiger partial charge in [0.1, 0.15) is 6.54 Å². The molecule has 2 aliphatic rings. The summed E-state index contributed by atoms with van der Waals surface area (Å²) in [6.45, 7) is 7.84. The van der Waals surface area contributed by atoms with Crippen LogP contribution in [0.15, 0.2) is 30.5 Å². The predicted molar refractivity (Wildman–Crippen MR) is 118 cm³/mol. The zero-order chi connectivity index (χ0) is 19.7. The summed E-state index contributed by atoms with van der Waals surface area (Å²) >= 11 is 0. The van der Waals surface area contributed by atoms with Gasteiger partial charge in [0.15, 0.2) is 0 Å². The molecule has 1 saturated heterocycles. The van der Waals surface area contributed by atoms with Gasteiger partial charge in [0, 0.05) is 41.8 Å². The van der Waals surface area contributed by atoms with Crippen LogP contribution >= 0.6 is 12.4 Å². The molecule has 1 aliphatic heterocycles. The lowest BCUT2D eigenvalue weighted by molar-refractivity contribution is -0.131. The first kappa shape index (κ1) is 21.7. The van der Waals surface area contributed by atoms with Gasteiger partial charge in [0.05, 0.1) is 0 Å². The average molecular weight is 419 g/mol. The fraction of sp³-hybridized carbons (Fsp3) is 0.545. The van der Waals surface area contributed by atoms with Crippen molar-refractivity contribution in [3.05, 3.63) is 30.5 Å². The zero-order valence-electron chi connectivity index (χ0n) is 17.2. The molecule has 0 radical (unpaired) electrons. The first-order chi connectivity index (χ1) is 13.6. The third kappa shape index (κ3) is 4.28. The van der Waals surface area contributed by atoms with E-state index in [1.807, 2.05) is 53.8 Å². The Labute approximate surface area is 178 Å².